The third-order valence-corrected chi connectivity index (χ3v) is 3.39. The second kappa shape index (κ2) is 5.58. The Morgan fingerprint density at radius 1 is 1.40 bits per heavy atom. The number of hydrogen-bond donors (Lipinski definition) is 1. The number of carbonyl (C=O) groups excluding carboxylic acids is 3. The van der Waals surface area contributed by atoms with E-state index in [4.69, 9.17) is 11.6 Å². The molecule has 7 heteroatoms. The molecule has 2 rings (SSSR count). The molecule has 0 saturated carbocycles. The first-order valence-electron chi connectivity index (χ1n) is 6.02. The van der Waals surface area contributed by atoms with Crippen LogP contribution < -0.4 is 10.2 Å². The minimum Gasteiger partial charge on any atom is -0.359 e. The molecule has 20 heavy (non-hydrogen) atoms. The van der Waals surface area contributed by atoms with Gasteiger partial charge in [0.25, 0.3) is 11.7 Å². The fourth-order valence-electron chi connectivity index (χ4n) is 2.09. The summed E-state index contributed by atoms with van der Waals surface area (Å²) in [5.74, 6) is -2.49. The molecule has 0 saturated heterocycles. The van der Waals surface area contributed by atoms with E-state index in [0.29, 0.717) is 6.42 Å². The molecular formula is C13H12ClFN2O3. The Morgan fingerprint density at radius 3 is 2.75 bits per heavy atom. The molecule has 1 aromatic rings. The minimum atomic E-state index is -0.816. The molecule has 1 aliphatic heterocycles. The van der Waals surface area contributed by atoms with Gasteiger partial charge in [-0.1, -0.05) is 11.6 Å². The molecule has 0 spiro atoms. The van der Waals surface area contributed by atoms with Crippen LogP contribution in [0.25, 0.3) is 0 Å². The van der Waals surface area contributed by atoms with E-state index in [1.54, 1.807) is 0 Å². The predicted octanol–water partition coefficient (Wildman–Crippen LogP) is 1.53. The number of amides is 2. The van der Waals surface area contributed by atoms with Crippen LogP contribution in [-0.4, -0.2) is 31.2 Å². The van der Waals surface area contributed by atoms with Gasteiger partial charge in [-0.05, 0) is 18.6 Å². The average molecular weight is 299 g/mol. The van der Waals surface area contributed by atoms with E-state index in [1.165, 1.54) is 13.1 Å². The van der Waals surface area contributed by atoms with E-state index in [-0.39, 0.29) is 35.1 Å². The Labute approximate surface area is 119 Å². The molecule has 0 bridgehead atoms. The highest BCUT2D eigenvalue weighted by atomic mass is 35.5. The van der Waals surface area contributed by atoms with Gasteiger partial charge >= 0.3 is 0 Å². The Hall–Kier alpha value is -1.95. The number of benzene rings is 1. The van der Waals surface area contributed by atoms with Crippen molar-refractivity contribution in [1.82, 2.24) is 5.32 Å². The topological polar surface area (TPSA) is 66.5 Å². The Balaban J connectivity index is 2.25. The number of Topliss-reactive ketones (excluding diaryl/α,β-unsaturated/α-hetero) is 1. The third-order valence-electron chi connectivity index (χ3n) is 3.08. The molecular weight excluding hydrogens is 287 g/mol. The zero-order valence-corrected chi connectivity index (χ0v) is 11.5. The van der Waals surface area contributed by atoms with Crippen LogP contribution in [0.3, 0.4) is 0 Å². The lowest BCUT2D eigenvalue weighted by Gasteiger charge is -2.16. The molecule has 0 aliphatic carbocycles. The molecule has 106 valence electrons. The number of ketones is 1. The van der Waals surface area contributed by atoms with Gasteiger partial charge in [0, 0.05) is 20.0 Å². The summed E-state index contributed by atoms with van der Waals surface area (Å²) in [5.41, 5.74) is -0.194. The summed E-state index contributed by atoms with van der Waals surface area (Å²) < 4.78 is 13.8. The maximum Gasteiger partial charge on any atom is 0.299 e. The first-order chi connectivity index (χ1) is 9.47. The molecule has 0 unspecified atom stereocenters. The van der Waals surface area contributed by atoms with Gasteiger partial charge in [0.1, 0.15) is 5.82 Å². The maximum atomic E-state index is 13.8. The number of rotatable bonds is 4. The molecule has 1 aliphatic rings. The van der Waals surface area contributed by atoms with Gasteiger partial charge in [0.2, 0.25) is 5.91 Å². The Bertz CT molecular complexity index is 604. The van der Waals surface area contributed by atoms with Crippen LogP contribution in [0.2, 0.25) is 5.02 Å². The Morgan fingerprint density at radius 2 is 2.10 bits per heavy atom. The lowest BCUT2D eigenvalue weighted by Crippen LogP contribution is -2.32. The van der Waals surface area contributed by atoms with Crippen molar-refractivity contribution in [3.63, 3.8) is 0 Å². The molecule has 1 aromatic carbocycles. The van der Waals surface area contributed by atoms with Gasteiger partial charge in [-0.15, -0.1) is 0 Å². The van der Waals surface area contributed by atoms with E-state index < -0.39 is 17.5 Å². The quantitative estimate of drug-likeness (QED) is 0.857. The van der Waals surface area contributed by atoms with Crippen LogP contribution in [0.4, 0.5) is 10.1 Å². The zero-order chi connectivity index (χ0) is 14.9. The van der Waals surface area contributed by atoms with Crippen molar-refractivity contribution < 1.29 is 18.8 Å². The summed E-state index contributed by atoms with van der Waals surface area (Å²) in [6.07, 6.45) is 0.510. The van der Waals surface area contributed by atoms with Crippen molar-refractivity contribution in [3.8, 4) is 0 Å². The molecule has 1 N–H and O–H groups in total. The van der Waals surface area contributed by atoms with Crippen LogP contribution in [0.5, 0.6) is 0 Å². The number of halogens is 2. The first-order valence-corrected chi connectivity index (χ1v) is 6.40. The number of anilines is 1. The molecule has 1 heterocycles. The first kappa shape index (κ1) is 14.5. The SMILES string of the molecule is CNC(=O)CCCN1C(=O)C(=O)c2c(Cl)ccc(F)c21. The summed E-state index contributed by atoms with van der Waals surface area (Å²) in [6.45, 7) is 0.0856. The van der Waals surface area contributed by atoms with Gasteiger partial charge in [-0.3, -0.25) is 14.4 Å². The molecule has 5 nitrogen and oxygen atoms in total. The number of nitrogens with one attached hydrogen (secondary N) is 1. The van der Waals surface area contributed by atoms with Crippen LogP contribution >= 0.6 is 11.6 Å². The monoisotopic (exact) mass is 298 g/mol. The third kappa shape index (κ3) is 2.38. The summed E-state index contributed by atoms with van der Waals surface area (Å²) in [4.78, 5) is 35.8. The highest BCUT2D eigenvalue weighted by Gasteiger charge is 2.39. The van der Waals surface area contributed by atoms with E-state index in [0.717, 1.165) is 11.0 Å². The number of nitrogens with zero attached hydrogens (tertiary/aromatic N) is 1. The van der Waals surface area contributed by atoms with Crippen molar-refractivity contribution in [2.75, 3.05) is 18.5 Å². The zero-order valence-electron chi connectivity index (χ0n) is 10.7. The van der Waals surface area contributed by atoms with Gasteiger partial charge in [0.15, 0.2) is 0 Å². The van der Waals surface area contributed by atoms with Crippen molar-refractivity contribution in [2.24, 2.45) is 0 Å². The number of fused-ring (bicyclic) bond motifs is 1. The van der Waals surface area contributed by atoms with Crippen molar-refractivity contribution in [1.29, 1.82) is 0 Å². The Kier molecular flexibility index (Phi) is 4.04. The lowest BCUT2D eigenvalue weighted by molar-refractivity contribution is -0.121. The highest BCUT2D eigenvalue weighted by Crippen LogP contribution is 2.36. The summed E-state index contributed by atoms with van der Waals surface area (Å²) in [5, 5.41) is 2.50. The van der Waals surface area contributed by atoms with Gasteiger partial charge in [-0.25, -0.2) is 4.39 Å². The lowest BCUT2D eigenvalue weighted by atomic mass is 10.1. The smallest absolute Gasteiger partial charge is 0.299 e. The standard InChI is InChI=1S/C13H12ClFN2O3/c1-16-9(18)3-2-6-17-11-8(15)5-4-7(14)10(11)12(19)13(17)20/h4-5H,2-3,6H2,1H3,(H,16,18). The fraction of sp³-hybridized carbons (Fsp3) is 0.308. The molecule has 0 atom stereocenters. The van der Waals surface area contributed by atoms with E-state index in [2.05, 4.69) is 5.32 Å². The summed E-state index contributed by atoms with van der Waals surface area (Å²) in [6, 6.07) is 2.35. The highest BCUT2D eigenvalue weighted by molar-refractivity contribution is 6.55. The number of hydrogen-bond acceptors (Lipinski definition) is 3. The van der Waals surface area contributed by atoms with Crippen molar-refractivity contribution in [3.05, 3.63) is 28.5 Å². The molecule has 0 radical (unpaired) electrons. The van der Waals surface area contributed by atoms with E-state index in [1.807, 2.05) is 0 Å². The average Bonchev–Trinajstić information content (AvgIpc) is 2.68. The minimum absolute atomic E-state index is 0.0496. The molecule has 2 amide bonds. The second-order valence-corrected chi connectivity index (χ2v) is 4.72. The normalized spacial score (nSPS) is 13.7. The van der Waals surface area contributed by atoms with E-state index in [9.17, 15) is 18.8 Å². The summed E-state index contributed by atoms with van der Waals surface area (Å²) >= 11 is 5.84. The van der Waals surface area contributed by atoms with Crippen molar-refractivity contribution >= 4 is 34.9 Å². The van der Waals surface area contributed by atoms with Gasteiger partial charge in [0.05, 0.1) is 16.3 Å². The van der Waals surface area contributed by atoms with Crippen LogP contribution in [0.1, 0.15) is 23.2 Å². The van der Waals surface area contributed by atoms with Crippen LogP contribution in [0, 0.1) is 5.82 Å². The largest absolute Gasteiger partial charge is 0.359 e. The van der Waals surface area contributed by atoms with Crippen LogP contribution in [0.15, 0.2) is 12.1 Å². The summed E-state index contributed by atoms with van der Waals surface area (Å²) in [7, 11) is 1.50. The maximum absolute atomic E-state index is 13.8. The molecule has 0 fully saturated rings. The van der Waals surface area contributed by atoms with Crippen LogP contribution in [-0.2, 0) is 9.59 Å². The van der Waals surface area contributed by atoms with Crippen molar-refractivity contribution in [2.45, 2.75) is 12.8 Å². The second-order valence-electron chi connectivity index (χ2n) is 4.32. The number of carbonyl (C=O) groups is 3. The van der Waals surface area contributed by atoms with E-state index >= 15 is 0 Å². The predicted molar refractivity (Wildman–Crippen MR) is 71.4 cm³/mol. The van der Waals surface area contributed by atoms with Gasteiger partial charge in [-0.2, -0.15) is 0 Å². The fourth-order valence-corrected chi connectivity index (χ4v) is 2.33. The molecule has 0 aromatic heterocycles. The van der Waals surface area contributed by atoms with Gasteiger partial charge < -0.3 is 10.2 Å².